The highest BCUT2D eigenvalue weighted by molar-refractivity contribution is 6.31. The maximum absolute atomic E-state index is 12.9. The highest BCUT2D eigenvalue weighted by atomic mass is 35.5. The second-order valence-corrected chi connectivity index (χ2v) is 6.66. The lowest BCUT2D eigenvalue weighted by atomic mass is 10.1. The Labute approximate surface area is 167 Å². The molecule has 1 N–H and O–H groups in total. The van der Waals surface area contributed by atoms with Crippen LogP contribution in [0.15, 0.2) is 42.9 Å². The molecule has 0 aliphatic rings. The number of pyridine rings is 1. The van der Waals surface area contributed by atoms with Gasteiger partial charge in [0.1, 0.15) is 6.33 Å². The van der Waals surface area contributed by atoms with E-state index in [4.69, 9.17) is 23.2 Å². The van der Waals surface area contributed by atoms with Crippen molar-refractivity contribution < 1.29 is 18.0 Å². The Hall–Kier alpha value is -2.65. The van der Waals surface area contributed by atoms with Gasteiger partial charge in [-0.3, -0.25) is 4.79 Å². The van der Waals surface area contributed by atoms with Gasteiger partial charge >= 0.3 is 6.18 Å². The Morgan fingerprint density at radius 3 is 2.54 bits per heavy atom. The van der Waals surface area contributed by atoms with Gasteiger partial charge in [0.25, 0.3) is 5.91 Å². The van der Waals surface area contributed by atoms with Crippen molar-refractivity contribution >= 4 is 29.1 Å². The number of nitrogens with one attached hydrogen (secondary N) is 1. The zero-order valence-corrected chi connectivity index (χ0v) is 15.7. The third kappa shape index (κ3) is 4.42. The van der Waals surface area contributed by atoms with Crippen LogP contribution in [0.3, 0.4) is 0 Å². The highest BCUT2D eigenvalue weighted by Crippen LogP contribution is 2.32. The van der Waals surface area contributed by atoms with E-state index in [1.165, 1.54) is 17.2 Å². The molecule has 1 aromatic carbocycles. The Morgan fingerprint density at radius 2 is 1.89 bits per heavy atom. The normalized spacial score (nSPS) is 12.6. The van der Waals surface area contributed by atoms with Crippen molar-refractivity contribution in [2.45, 2.75) is 19.1 Å². The fraction of sp³-hybridized carbons (Fsp3) is 0.176. The quantitative estimate of drug-likeness (QED) is 0.663. The first-order valence-electron chi connectivity index (χ1n) is 7.85. The van der Waals surface area contributed by atoms with E-state index in [-0.39, 0.29) is 10.6 Å². The molecule has 146 valence electrons. The van der Waals surface area contributed by atoms with Crippen molar-refractivity contribution in [3.63, 3.8) is 0 Å². The number of nitrogens with zero attached hydrogens (tertiary/aromatic N) is 4. The summed E-state index contributed by atoms with van der Waals surface area (Å²) in [7, 11) is 0. The van der Waals surface area contributed by atoms with E-state index in [2.05, 4.69) is 20.4 Å². The van der Waals surface area contributed by atoms with Gasteiger partial charge < -0.3 is 5.32 Å². The van der Waals surface area contributed by atoms with E-state index in [0.717, 1.165) is 18.2 Å². The molecule has 0 radical (unpaired) electrons. The second-order valence-electron chi connectivity index (χ2n) is 5.79. The molecule has 0 saturated carbocycles. The molecule has 0 saturated heterocycles. The van der Waals surface area contributed by atoms with Gasteiger partial charge in [-0.2, -0.15) is 23.0 Å². The lowest BCUT2D eigenvalue weighted by Gasteiger charge is -2.15. The van der Waals surface area contributed by atoms with Crippen LogP contribution in [0.5, 0.6) is 0 Å². The molecule has 2 heterocycles. The van der Waals surface area contributed by atoms with Crippen LogP contribution in [-0.2, 0) is 6.18 Å². The van der Waals surface area contributed by atoms with Gasteiger partial charge in [0.15, 0.2) is 11.6 Å². The number of hydrogen-bond acceptors (Lipinski definition) is 4. The average molecular weight is 430 g/mol. The Bertz CT molecular complexity index is 1000. The molecule has 0 fully saturated rings. The van der Waals surface area contributed by atoms with Gasteiger partial charge in [-0.1, -0.05) is 23.2 Å². The van der Waals surface area contributed by atoms with Crippen LogP contribution in [0.25, 0.3) is 5.82 Å². The SMILES string of the molecule is C[C@H](NC(=O)c1cc(Cl)cc(C(F)(F)F)c1)c1ncnn1-c1ccc(Cl)cn1. The van der Waals surface area contributed by atoms with Gasteiger partial charge in [-0.05, 0) is 37.3 Å². The topological polar surface area (TPSA) is 72.7 Å². The molecule has 0 aliphatic heterocycles. The molecule has 6 nitrogen and oxygen atoms in total. The number of rotatable bonds is 4. The fourth-order valence-corrected chi connectivity index (χ4v) is 2.79. The summed E-state index contributed by atoms with van der Waals surface area (Å²) in [4.78, 5) is 20.7. The van der Waals surface area contributed by atoms with Crippen molar-refractivity contribution in [1.82, 2.24) is 25.1 Å². The molecule has 1 atom stereocenters. The number of aromatic nitrogens is 4. The minimum Gasteiger partial charge on any atom is -0.342 e. The number of hydrogen-bond donors (Lipinski definition) is 1. The van der Waals surface area contributed by atoms with Crippen molar-refractivity contribution in [1.29, 1.82) is 0 Å². The Balaban J connectivity index is 1.84. The number of amides is 1. The van der Waals surface area contributed by atoms with E-state index < -0.39 is 23.7 Å². The van der Waals surface area contributed by atoms with Crippen LogP contribution in [0.1, 0.15) is 34.7 Å². The maximum atomic E-state index is 12.9. The van der Waals surface area contributed by atoms with Gasteiger partial charge in [0.2, 0.25) is 0 Å². The summed E-state index contributed by atoms with van der Waals surface area (Å²) in [6.45, 7) is 1.61. The molecule has 3 rings (SSSR count). The number of benzene rings is 1. The van der Waals surface area contributed by atoms with Gasteiger partial charge in [-0.15, -0.1) is 0 Å². The first-order valence-corrected chi connectivity index (χ1v) is 8.61. The number of halogens is 5. The lowest BCUT2D eigenvalue weighted by molar-refractivity contribution is -0.137. The van der Waals surface area contributed by atoms with Gasteiger partial charge in [0, 0.05) is 16.8 Å². The molecule has 28 heavy (non-hydrogen) atoms. The first kappa shape index (κ1) is 20.1. The summed E-state index contributed by atoms with van der Waals surface area (Å²) in [5.74, 6) is 0.0143. The Kier molecular flexibility index (Phi) is 5.57. The van der Waals surface area contributed by atoms with E-state index in [1.807, 2.05) is 0 Å². The fourth-order valence-electron chi connectivity index (χ4n) is 2.44. The van der Waals surface area contributed by atoms with Crippen molar-refractivity contribution in [3.8, 4) is 5.82 Å². The summed E-state index contributed by atoms with van der Waals surface area (Å²) in [5.41, 5.74) is -1.23. The predicted octanol–water partition coefficient (Wildman–Crippen LogP) is 4.48. The zero-order chi connectivity index (χ0) is 20.5. The first-order chi connectivity index (χ1) is 13.1. The number of carbonyl (C=O) groups excluding carboxylic acids is 1. The molecule has 11 heteroatoms. The van der Waals surface area contributed by atoms with Crippen molar-refractivity contribution in [2.75, 3.05) is 0 Å². The minimum atomic E-state index is -4.62. The molecule has 0 aliphatic carbocycles. The molecule has 1 amide bonds. The summed E-state index contributed by atoms with van der Waals surface area (Å²) < 4.78 is 40.2. The van der Waals surface area contributed by atoms with Gasteiger partial charge in [0.05, 0.1) is 16.6 Å². The summed E-state index contributed by atoms with van der Waals surface area (Å²) in [6, 6.07) is 5.19. The molecular formula is C17H12Cl2F3N5O. The van der Waals surface area contributed by atoms with E-state index in [1.54, 1.807) is 19.1 Å². The smallest absolute Gasteiger partial charge is 0.342 e. The molecule has 2 aromatic heterocycles. The third-order valence-electron chi connectivity index (χ3n) is 3.73. The van der Waals surface area contributed by atoms with Crippen molar-refractivity contribution in [2.24, 2.45) is 0 Å². The molecular weight excluding hydrogens is 418 g/mol. The monoisotopic (exact) mass is 429 g/mol. The Morgan fingerprint density at radius 1 is 1.14 bits per heavy atom. The molecule has 0 bridgehead atoms. The standard InChI is InChI=1S/C17H12Cl2F3N5O/c1-9(15-24-8-25-27(15)14-3-2-12(18)7-23-14)26-16(28)10-4-11(17(20,21)22)6-13(19)5-10/h2-9H,1H3,(H,26,28)/t9-/m0/s1. The van der Waals surface area contributed by atoms with E-state index in [9.17, 15) is 18.0 Å². The molecule has 3 aromatic rings. The summed E-state index contributed by atoms with van der Waals surface area (Å²) in [5, 5.41) is 6.89. The molecule has 0 unspecified atom stereocenters. The average Bonchev–Trinajstić information content (AvgIpc) is 3.11. The minimum absolute atomic E-state index is 0.193. The van der Waals surface area contributed by atoms with Crippen LogP contribution in [-0.4, -0.2) is 25.7 Å². The number of alkyl halides is 3. The van der Waals surface area contributed by atoms with Crippen LogP contribution >= 0.6 is 23.2 Å². The van der Waals surface area contributed by atoms with E-state index in [0.29, 0.717) is 16.7 Å². The van der Waals surface area contributed by atoms with Crippen molar-refractivity contribution in [3.05, 3.63) is 69.9 Å². The maximum Gasteiger partial charge on any atom is 0.416 e. The zero-order valence-electron chi connectivity index (χ0n) is 14.2. The van der Waals surface area contributed by atoms with Crippen LogP contribution in [0.4, 0.5) is 13.2 Å². The third-order valence-corrected chi connectivity index (χ3v) is 4.17. The molecule has 0 spiro atoms. The van der Waals surface area contributed by atoms with Crippen LogP contribution in [0.2, 0.25) is 10.0 Å². The second kappa shape index (κ2) is 7.76. The summed E-state index contributed by atoms with van der Waals surface area (Å²) >= 11 is 11.5. The predicted molar refractivity (Wildman–Crippen MR) is 96.5 cm³/mol. The van der Waals surface area contributed by atoms with Gasteiger partial charge in [-0.25, -0.2) is 9.97 Å². The highest BCUT2D eigenvalue weighted by Gasteiger charge is 2.32. The largest absolute Gasteiger partial charge is 0.416 e. The van der Waals surface area contributed by atoms with E-state index >= 15 is 0 Å². The van der Waals surface area contributed by atoms with Crippen LogP contribution in [0, 0.1) is 0 Å². The number of carbonyl (C=O) groups is 1. The lowest BCUT2D eigenvalue weighted by Crippen LogP contribution is -2.29. The van der Waals surface area contributed by atoms with Crippen LogP contribution < -0.4 is 5.32 Å². The summed E-state index contributed by atoms with van der Waals surface area (Å²) in [6.07, 6.45) is -1.92.